The Kier molecular flexibility index (Phi) is 5.83. The van der Waals surface area contributed by atoms with E-state index in [-0.39, 0.29) is 18.3 Å². The Balaban J connectivity index is 1.40. The molecule has 0 radical (unpaired) electrons. The van der Waals surface area contributed by atoms with Gasteiger partial charge in [0.15, 0.2) is 12.6 Å². The van der Waals surface area contributed by atoms with Crippen molar-refractivity contribution < 1.29 is 28.5 Å². The molecule has 0 bridgehead atoms. The molecule has 0 N–H and O–H groups in total. The smallest absolute Gasteiger partial charge is 0.231 e. The van der Waals surface area contributed by atoms with Gasteiger partial charge in [0.1, 0.15) is 29.6 Å². The molecule has 3 aromatic carbocycles. The van der Waals surface area contributed by atoms with Gasteiger partial charge in [0.25, 0.3) is 0 Å². The summed E-state index contributed by atoms with van der Waals surface area (Å²) >= 11 is 3.51. The van der Waals surface area contributed by atoms with Gasteiger partial charge in [-0.05, 0) is 55.0 Å². The molecule has 7 heteroatoms. The first-order valence-electron chi connectivity index (χ1n) is 10.4. The van der Waals surface area contributed by atoms with Crippen molar-refractivity contribution in [3.05, 3.63) is 86.6 Å². The van der Waals surface area contributed by atoms with Crippen molar-refractivity contribution in [2.45, 2.75) is 20.1 Å². The number of hydrogen-bond acceptors (Lipinski definition) is 6. The number of carbonyl (C=O) groups is 1. The van der Waals surface area contributed by atoms with Gasteiger partial charge in [-0.15, -0.1) is 0 Å². The Labute approximate surface area is 199 Å². The van der Waals surface area contributed by atoms with E-state index in [1.165, 1.54) is 0 Å². The minimum atomic E-state index is -0.171. The maximum absolute atomic E-state index is 13.0. The third kappa shape index (κ3) is 4.21. The van der Waals surface area contributed by atoms with Crippen LogP contribution in [0.25, 0.3) is 6.08 Å². The molecule has 0 atom stereocenters. The molecule has 5 rings (SSSR count). The van der Waals surface area contributed by atoms with E-state index in [0.717, 1.165) is 32.5 Å². The van der Waals surface area contributed by atoms with Crippen LogP contribution in [0.2, 0.25) is 0 Å². The largest absolute Gasteiger partial charge is 0.497 e. The van der Waals surface area contributed by atoms with Gasteiger partial charge in [-0.25, -0.2) is 0 Å². The summed E-state index contributed by atoms with van der Waals surface area (Å²) < 4.78 is 29.1. The third-order valence-corrected chi connectivity index (χ3v) is 6.04. The van der Waals surface area contributed by atoms with Crippen molar-refractivity contribution in [2.24, 2.45) is 0 Å². The third-order valence-electron chi connectivity index (χ3n) is 5.58. The number of allylic oxidation sites excluding steroid dienone is 1. The number of methoxy groups -OCH3 is 1. The van der Waals surface area contributed by atoms with E-state index >= 15 is 0 Å². The van der Waals surface area contributed by atoms with Crippen LogP contribution in [0, 0.1) is 6.92 Å². The molecule has 0 aliphatic carbocycles. The van der Waals surface area contributed by atoms with Crippen molar-refractivity contribution in [2.75, 3.05) is 13.9 Å². The normalized spacial score (nSPS) is 15.5. The first-order valence-corrected chi connectivity index (χ1v) is 11.2. The van der Waals surface area contributed by atoms with E-state index < -0.39 is 0 Å². The van der Waals surface area contributed by atoms with Crippen LogP contribution < -0.4 is 18.9 Å². The highest BCUT2D eigenvalue weighted by Gasteiger charge is 2.31. The van der Waals surface area contributed by atoms with Crippen LogP contribution in [0.15, 0.2) is 58.8 Å². The highest BCUT2D eigenvalue weighted by molar-refractivity contribution is 9.10. The second-order valence-corrected chi connectivity index (χ2v) is 8.65. The van der Waals surface area contributed by atoms with Crippen molar-refractivity contribution >= 4 is 27.8 Å². The Bertz CT molecular complexity index is 1260. The number of ketones is 1. The van der Waals surface area contributed by atoms with E-state index in [9.17, 15) is 4.79 Å². The van der Waals surface area contributed by atoms with Crippen LogP contribution in [-0.2, 0) is 18.0 Å². The molecule has 2 aliphatic heterocycles. The minimum absolute atomic E-state index is 0.171. The van der Waals surface area contributed by atoms with Crippen molar-refractivity contribution in [3.8, 4) is 23.0 Å². The number of ether oxygens (including phenoxy) is 5. The van der Waals surface area contributed by atoms with Gasteiger partial charge in [0, 0.05) is 21.2 Å². The van der Waals surface area contributed by atoms with Crippen molar-refractivity contribution in [1.82, 2.24) is 0 Å². The summed E-state index contributed by atoms with van der Waals surface area (Å²) in [5.41, 5.74) is 3.97. The lowest BCUT2D eigenvalue weighted by molar-refractivity contribution is -0.0165. The lowest BCUT2D eigenvalue weighted by Crippen LogP contribution is -2.12. The quantitative estimate of drug-likeness (QED) is 0.404. The molecule has 2 heterocycles. The van der Waals surface area contributed by atoms with E-state index in [4.69, 9.17) is 23.7 Å². The van der Waals surface area contributed by atoms with Gasteiger partial charge in [-0.1, -0.05) is 28.1 Å². The van der Waals surface area contributed by atoms with Crippen LogP contribution in [0.1, 0.15) is 32.6 Å². The predicted molar refractivity (Wildman–Crippen MR) is 126 cm³/mol. The Morgan fingerprint density at radius 3 is 2.70 bits per heavy atom. The number of Topliss-reactive ketones (excluding diaryl/α,β-unsaturated/α-hetero) is 1. The molecule has 0 aromatic heterocycles. The summed E-state index contributed by atoms with van der Waals surface area (Å²) in [6.45, 7) is 2.91. The van der Waals surface area contributed by atoms with Gasteiger partial charge < -0.3 is 23.7 Å². The number of fused-ring (bicyclic) bond motifs is 2. The molecule has 6 nitrogen and oxygen atoms in total. The van der Waals surface area contributed by atoms with Gasteiger partial charge >= 0.3 is 0 Å². The zero-order chi connectivity index (χ0) is 22.9. The molecule has 0 amide bonds. The number of carbonyl (C=O) groups excluding carboxylic acids is 1. The van der Waals surface area contributed by atoms with Crippen molar-refractivity contribution in [1.29, 1.82) is 0 Å². The molecule has 2 aliphatic rings. The summed E-state index contributed by atoms with van der Waals surface area (Å²) in [5, 5.41) is 0. The first kappa shape index (κ1) is 21.6. The molecule has 168 valence electrons. The fraction of sp³-hybridized carbons (Fsp3) is 0.192. The molecule has 0 saturated heterocycles. The fourth-order valence-electron chi connectivity index (χ4n) is 3.86. The minimum Gasteiger partial charge on any atom is -0.497 e. The molecule has 0 spiro atoms. The van der Waals surface area contributed by atoms with Gasteiger partial charge in [-0.3, -0.25) is 4.79 Å². The van der Waals surface area contributed by atoms with Gasteiger partial charge in [-0.2, -0.15) is 0 Å². The van der Waals surface area contributed by atoms with E-state index in [0.29, 0.717) is 36.0 Å². The summed E-state index contributed by atoms with van der Waals surface area (Å²) in [7, 11) is 1.64. The second kappa shape index (κ2) is 8.92. The zero-order valence-electron chi connectivity index (χ0n) is 18.1. The zero-order valence-corrected chi connectivity index (χ0v) is 19.7. The Morgan fingerprint density at radius 1 is 1.09 bits per heavy atom. The summed E-state index contributed by atoms with van der Waals surface area (Å²) in [6, 6.07) is 15.1. The van der Waals surface area contributed by atoms with Crippen molar-refractivity contribution in [3.63, 3.8) is 0 Å². The van der Waals surface area contributed by atoms with E-state index in [1.54, 1.807) is 19.3 Å². The molecule has 33 heavy (non-hydrogen) atoms. The average Bonchev–Trinajstić information content (AvgIpc) is 3.15. The summed E-state index contributed by atoms with van der Waals surface area (Å²) in [5.74, 6) is 2.75. The molecular formula is C26H21BrO6. The summed E-state index contributed by atoms with van der Waals surface area (Å²) in [4.78, 5) is 13.0. The standard InChI is InChI=1S/C26H21BrO6/c1-15-22(31-12-16-3-5-20(29-2)6-4-16)8-7-21-24(28)23(33-25(15)21)11-17-9-19(27)10-18-13-30-14-32-26(17)18/h3-11H,12-14H2,1-2H3/b23-11-. The first-order chi connectivity index (χ1) is 16.0. The topological polar surface area (TPSA) is 63.2 Å². The SMILES string of the molecule is COc1ccc(COc2ccc3c(c2C)O/C(=C\c2cc(Br)cc4c2OCOC4)C3=O)cc1. The monoisotopic (exact) mass is 508 g/mol. The Hall–Kier alpha value is -3.29. The van der Waals surface area contributed by atoms with E-state index in [1.807, 2.05) is 49.4 Å². The van der Waals surface area contributed by atoms with E-state index in [2.05, 4.69) is 15.9 Å². The van der Waals surface area contributed by atoms with Crippen LogP contribution in [-0.4, -0.2) is 19.7 Å². The maximum atomic E-state index is 13.0. The number of hydrogen-bond donors (Lipinski definition) is 0. The lowest BCUT2D eigenvalue weighted by Gasteiger charge is -2.20. The number of benzene rings is 3. The molecule has 0 fully saturated rings. The average molecular weight is 509 g/mol. The lowest BCUT2D eigenvalue weighted by atomic mass is 10.0. The van der Waals surface area contributed by atoms with Gasteiger partial charge in [0.05, 0.1) is 19.3 Å². The summed E-state index contributed by atoms with van der Waals surface area (Å²) in [6.07, 6.45) is 1.72. The van der Waals surface area contributed by atoms with Crippen LogP contribution in [0.5, 0.6) is 23.0 Å². The fourth-order valence-corrected chi connectivity index (χ4v) is 4.39. The van der Waals surface area contributed by atoms with Gasteiger partial charge in [0.2, 0.25) is 5.78 Å². The maximum Gasteiger partial charge on any atom is 0.231 e. The Morgan fingerprint density at radius 2 is 1.91 bits per heavy atom. The molecule has 0 saturated carbocycles. The van der Waals surface area contributed by atoms with Crippen LogP contribution in [0.4, 0.5) is 0 Å². The number of rotatable bonds is 5. The van der Waals surface area contributed by atoms with Crippen LogP contribution >= 0.6 is 15.9 Å². The molecule has 0 unspecified atom stereocenters. The predicted octanol–water partition coefficient (Wildman–Crippen LogP) is 5.83. The molecular weight excluding hydrogens is 488 g/mol. The second-order valence-electron chi connectivity index (χ2n) is 7.74. The highest BCUT2D eigenvalue weighted by atomic mass is 79.9. The molecule has 3 aromatic rings. The highest BCUT2D eigenvalue weighted by Crippen LogP contribution is 2.41. The number of halogens is 1. The van der Waals surface area contributed by atoms with Crippen LogP contribution in [0.3, 0.4) is 0 Å².